The van der Waals surface area contributed by atoms with E-state index >= 15 is 0 Å². The van der Waals surface area contributed by atoms with E-state index in [1.165, 1.54) is 0 Å². The van der Waals surface area contributed by atoms with Crippen LogP contribution in [0.3, 0.4) is 0 Å². The topological polar surface area (TPSA) is 67.4 Å². The third-order valence-electron chi connectivity index (χ3n) is 2.79. The van der Waals surface area contributed by atoms with Crippen molar-refractivity contribution in [1.29, 1.82) is 0 Å². The van der Waals surface area contributed by atoms with Gasteiger partial charge in [0.2, 0.25) is 10.0 Å². The molecule has 20 heavy (non-hydrogen) atoms. The van der Waals surface area contributed by atoms with Crippen molar-refractivity contribution in [2.75, 3.05) is 26.3 Å². The molecular formula is C14H24N2O3S. The Morgan fingerprint density at radius 3 is 2.65 bits per heavy atom. The van der Waals surface area contributed by atoms with Gasteiger partial charge in [-0.3, -0.25) is 0 Å². The lowest BCUT2D eigenvalue weighted by molar-refractivity contribution is 0.146. The lowest BCUT2D eigenvalue weighted by atomic mass is 10.2. The Morgan fingerprint density at radius 2 is 1.95 bits per heavy atom. The number of nitrogens with one attached hydrogen (secondary N) is 2. The maximum absolute atomic E-state index is 12.3. The smallest absolute Gasteiger partial charge is 0.240 e. The zero-order valence-electron chi connectivity index (χ0n) is 12.2. The minimum atomic E-state index is -3.45. The highest BCUT2D eigenvalue weighted by Crippen LogP contribution is 2.15. The van der Waals surface area contributed by atoms with Crippen molar-refractivity contribution in [3.63, 3.8) is 0 Å². The van der Waals surface area contributed by atoms with Gasteiger partial charge in [-0.25, -0.2) is 13.1 Å². The summed E-state index contributed by atoms with van der Waals surface area (Å²) in [5.41, 5.74) is 0.784. The first-order chi connectivity index (χ1) is 9.61. The van der Waals surface area contributed by atoms with Crippen molar-refractivity contribution in [3.05, 3.63) is 29.8 Å². The van der Waals surface area contributed by atoms with Crippen molar-refractivity contribution in [2.45, 2.75) is 31.7 Å². The number of hydrogen-bond acceptors (Lipinski definition) is 4. The van der Waals surface area contributed by atoms with Gasteiger partial charge in [0, 0.05) is 26.3 Å². The second kappa shape index (κ2) is 9.07. The Kier molecular flexibility index (Phi) is 7.76. The van der Waals surface area contributed by atoms with E-state index in [1.807, 2.05) is 26.0 Å². The summed E-state index contributed by atoms with van der Waals surface area (Å²) >= 11 is 0. The molecule has 0 fully saturated rings. The normalized spacial score (nSPS) is 11.7. The van der Waals surface area contributed by atoms with Gasteiger partial charge >= 0.3 is 0 Å². The summed E-state index contributed by atoms with van der Waals surface area (Å²) in [6, 6.07) is 7.06. The molecule has 0 aromatic heterocycles. The van der Waals surface area contributed by atoms with E-state index in [1.54, 1.807) is 12.1 Å². The van der Waals surface area contributed by atoms with Crippen LogP contribution in [0.4, 0.5) is 0 Å². The number of benzene rings is 1. The molecule has 6 heteroatoms. The maximum atomic E-state index is 12.3. The molecule has 1 rings (SSSR count). The Labute approximate surface area is 121 Å². The van der Waals surface area contributed by atoms with Gasteiger partial charge in [0.15, 0.2) is 0 Å². The Morgan fingerprint density at radius 1 is 1.20 bits per heavy atom. The van der Waals surface area contributed by atoms with Crippen LogP contribution in [0, 0.1) is 0 Å². The Hall–Kier alpha value is -0.950. The number of ether oxygens (including phenoxy) is 1. The highest BCUT2D eigenvalue weighted by Gasteiger charge is 2.16. The van der Waals surface area contributed by atoms with Crippen LogP contribution >= 0.6 is 0 Å². The van der Waals surface area contributed by atoms with E-state index in [4.69, 9.17) is 4.74 Å². The predicted octanol–water partition coefficient (Wildman–Crippen LogP) is 1.50. The fourth-order valence-corrected chi connectivity index (χ4v) is 3.09. The van der Waals surface area contributed by atoms with Gasteiger partial charge in [0.1, 0.15) is 0 Å². The van der Waals surface area contributed by atoms with Crippen LogP contribution in [0.25, 0.3) is 0 Å². The molecule has 0 spiro atoms. The molecule has 0 amide bonds. The molecule has 1 aromatic carbocycles. The molecule has 0 aliphatic carbocycles. The molecular weight excluding hydrogens is 276 g/mol. The number of hydrogen-bond donors (Lipinski definition) is 2. The minimum Gasteiger partial charge on any atom is -0.382 e. The molecule has 5 nitrogen and oxygen atoms in total. The second-order valence-corrected chi connectivity index (χ2v) is 6.07. The van der Waals surface area contributed by atoms with Gasteiger partial charge in [-0.1, -0.05) is 25.1 Å². The van der Waals surface area contributed by atoms with E-state index in [0.29, 0.717) is 37.6 Å². The fourth-order valence-electron chi connectivity index (χ4n) is 1.77. The largest absolute Gasteiger partial charge is 0.382 e. The summed E-state index contributed by atoms with van der Waals surface area (Å²) in [6.45, 7) is 6.86. The zero-order chi connectivity index (χ0) is 14.8. The van der Waals surface area contributed by atoms with Gasteiger partial charge in [0.25, 0.3) is 0 Å². The molecule has 0 unspecified atom stereocenters. The summed E-state index contributed by atoms with van der Waals surface area (Å²) in [7, 11) is -3.45. The van der Waals surface area contributed by atoms with Crippen LogP contribution in [-0.4, -0.2) is 34.7 Å². The molecule has 1 aromatic rings. The molecule has 0 aliphatic heterocycles. The first-order valence-electron chi connectivity index (χ1n) is 6.97. The molecule has 2 N–H and O–H groups in total. The average molecular weight is 300 g/mol. The van der Waals surface area contributed by atoms with Gasteiger partial charge in [-0.15, -0.1) is 0 Å². The van der Waals surface area contributed by atoms with Gasteiger partial charge in [0.05, 0.1) is 4.90 Å². The average Bonchev–Trinajstić information content (AvgIpc) is 2.45. The first kappa shape index (κ1) is 17.1. The SMILES string of the molecule is CCNCc1ccccc1S(=O)(=O)NCCCOCC. The van der Waals surface area contributed by atoms with Crippen molar-refractivity contribution >= 4 is 10.0 Å². The monoisotopic (exact) mass is 300 g/mol. The second-order valence-electron chi connectivity index (χ2n) is 4.34. The number of sulfonamides is 1. The molecule has 114 valence electrons. The molecule has 0 heterocycles. The summed E-state index contributed by atoms with van der Waals surface area (Å²) < 4.78 is 32.3. The van der Waals surface area contributed by atoms with Crippen LogP contribution in [0.2, 0.25) is 0 Å². The molecule has 0 bridgehead atoms. The minimum absolute atomic E-state index is 0.345. The summed E-state index contributed by atoms with van der Waals surface area (Å²) in [6.07, 6.45) is 0.669. The highest BCUT2D eigenvalue weighted by atomic mass is 32.2. The van der Waals surface area contributed by atoms with E-state index in [9.17, 15) is 8.42 Å². The molecule has 0 atom stereocenters. The van der Waals surface area contributed by atoms with E-state index in [-0.39, 0.29) is 0 Å². The Balaban J connectivity index is 2.66. The summed E-state index contributed by atoms with van der Waals surface area (Å²) in [4.78, 5) is 0.345. The summed E-state index contributed by atoms with van der Waals surface area (Å²) in [5.74, 6) is 0. The molecule has 0 saturated carbocycles. The molecule has 0 saturated heterocycles. The van der Waals surface area contributed by atoms with Crippen molar-refractivity contribution in [1.82, 2.24) is 10.0 Å². The van der Waals surface area contributed by atoms with Crippen LogP contribution in [0.5, 0.6) is 0 Å². The predicted molar refractivity (Wildman–Crippen MR) is 80.1 cm³/mol. The third-order valence-corrected chi connectivity index (χ3v) is 4.35. The van der Waals surface area contributed by atoms with Crippen molar-refractivity contribution in [3.8, 4) is 0 Å². The van der Waals surface area contributed by atoms with E-state index < -0.39 is 10.0 Å². The zero-order valence-corrected chi connectivity index (χ0v) is 13.0. The highest BCUT2D eigenvalue weighted by molar-refractivity contribution is 7.89. The van der Waals surface area contributed by atoms with Crippen LogP contribution in [0.15, 0.2) is 29.2 Å². The van der Waals surface area contributed by atoms with Crippen molar-refractivity contribution in [2.24, 2.45) is 0 Å². The van der Waals surface area contributed by atoms with E-state index in [0.717, 1.165) is 12.1 Å². The first-order valence-corrected chi connectivity index (χ1v) is 8.46. The van der Waals surface area contributed by atoms with Crippen LogP contribution in [0.1, 0.15) is 25.8 Å². The lowest BCUT2D eigenvalue weighted by Crippen LogP contribution is -2.27. The van der Waals surface area contributed by atoms with E-state index in [2.05, 4.69) is 10.0 Å². The van der Waals surface area contributed by atoms with Gasteiger partial charge in [-0.2, -0.15) is 0 Å². The van der Waals surface area contributed by atoms with Crippen molar-refractivity contribution < 1.29 is 13.2 Å². The quantitative estimate of drug-likeness (QED) is 0.643. The number of rotatable bonds is 10. The third kappa shape index (κ3) is 5.58. The van der Waals surface area contributed by atoms with Crippen LogP contribution in [-0.2, 0) is 21.3 Å². The maximum Gasteiger partial charge on any atom is 0.240 e. The van der Waals surface area contributed by atoms with Gasteiger partial charge in [-0.05, 0) is 31.5 Å². The summed E-state index contributed by atoms with van der Waals surface area (Å²) in [5, 5.41) is 3.15. The lowest BCUT2D eigenvalue weighted by Gasteiger charge is -2.11. The Bertz CT molecular complexity index is 489. The fraction of sp³-hybridized carbons (Fsp3) is 0.571. The van der Waals surface area contributed by atoms with Gasteiger partial charge < -0.3 is 10.1 Å². The molecule has 0 aliphatic rings. The molecule has 0 radical (unpaired) electrons. The van der Waals surface area contributed by atoms with Crippen LogP contribution < -0.4 is 10.0 Å². The standard InChI is InChI=1S/C14H24N2O3S/c1-3-15-12-13-8-5-6-9-14(13)20(17,18)16-10-7-11-19-4-2/h5-6,8-9,15-16H,3-4,7,10-12H2,1-2H3.